The van der Waals surface area contributed by atoms with E-state index in [-0.39, 0.29) is 11.3 Å². The zero-order valence-corrected chi connectivity index (χ0v) is 20.1. The van der Waals surface area contributed by atoms with Crippen molar-refractivity contribution in [3.63, 3.8) is 0 Å². The standard InChI is InChI=1S/C24H31F2N5O2S/c1-34(27,32)23-11-20(25)19(10-21(23)26)22-2-3-24(30-29-22)28-18-8-16-13-31(14-17(16)9-18)12-15-4-6-33-7-5-15/h2-3,10-11,15-18,27H,4-9,12-14H2,1H3,(H,28,30)/t16-,17+,18+,34?. The molecule has 0 radical (unpaired) electrons. The fourth-order valence-electron chi connectivity index (χ4n) is 5.74. The van der Waals surface area contributed by atoms with E-state index in [1.807, 2.05) is 0 Å². The van der Waals surface area contributed by atoms with E-state index in [0.717, 1.165) is 63.5 Å². The second-order valence-electron chi connectivity index (χ2n) is 10.0. The van der Waals surface area contributed by atoms with Crippen LogP contribution in [0.1, 0.15) is 25.7 Å². The summed E-state index contributed by atoms with van der Waals surface area (Å²) in [5.41, 5.74) is 0.122. The minimum absolute atomic E-state index is 0.0658. The molecule has 2 aromatic rings. The SMILES string of the molecule is CS(=N)(=O)c1cc(F)c(-c2ccc(N[C@H]3C[C@@H]4CN(CC5CCOCC5)C[C@@H]4C3)nn2)cc1F. The zero-order valence-electron chi connectivity index (χ0n) is 19.3. The predicted octanol–water partition coefficient (Wildman–Crippen LogP) is 4.01. The zero-order chi connectivity index (χ0) is 23.9. The number of hydrogen-bond donors (Lipinski definition) is 2. The summed E-state index contributed by atoms with van der Waals surface area (Å²) >= 11 is 0. The van der Waals surface area contributed by atoms with Crippen LogP contribution in [0.25, 0.3) is 11.3 Å². The van der Waals surface area contributed by atoms with Gasteiger partial charge in [0, 0.05) is 50.7 Å². The number of fused-ring (bicyclic) bond motifs is 1. The van der Waals surface area contributed by atoms with Crippen LogP contribution in [0.5, 0.6) is 0 Å². The van der Waals surface area contributed by atoms with Crippen LogP contribution >= 0.6 is 0 Å². The van der Waals surface area contributed by atoms with Crippen molar-refractivity contribution in [3.05, 3.63) is 35.9 Å². The number of halogens is 2. The second-order valence-corrected chi connectivity index (χ2v) is 12.1. The molecular weight excluding hydrogens is 460 g/mol. The fraction of sp³-hybridized carbons (Fsp3) is 0.583. The van der Waals surface area contributed by atoms with Crippen LogP contribution in [-0.2, 0) is 14.5 Å². The highest BCUT2D eigenvalue weighted by molar-refractivity contribution is 7.91. The molecular formula is C24H31F2N5O2S. The molecule has 0 amide bonds. The predicted molar refractivity (Wildman–Crippen MR) is 126 cm³/mol. The van der Waals surface area contributed by atoms with Gasteiger partial charge in [0.25, 0.3) is 0 Å². The number of likely N-dealkylation sites (tertiary alicyclic amines) is 1. The number of benzene rings is 1. The Morgan fingerprint density at radius 1 is 1.12 bits per heavy atom. The van der Waals surface area contributed by atoms with E-state index in [0.29, 0.717) is 23.7 Å². The first kappa shape index (κ1) is 23.6. The highest BCUT2D eigenvalue weighted by Gasteiger charge is 2.41. The van der Waals surface area contributed by atoms with Crippen molar-refractivity contribution in [2.45, 2.75) is 36.6 Å². The third-order valence-corrected chi connectivity index (χ3v) is 8.57. The summed E-state index contributed by atoms with van der Waals surface area (Å²) in [6.45, 7) is 5.31. The quantitative estimate of drug-likeness (QED) is 0.635. The van der Waals surface area contributed by atoms with Gasteiger partial charge in [0.15, 0.2) is 0 Å². The first-order valence-corrected chi connectivity index (χ1v) is 13.9. The van der Waals surface area contributed by atoms with Gasteiger partial charge >= 0.3 is 0 Å². The Morgan fingerprint density at radius 3 is 2.44 bits per heavy atom. The molecule has 3 heterocycles. The molecule has 1 aromatic carbocycles. The summed E-state index contributed by atoms with van der Waals surface area (Å²) in [4.78, 5) is 2.19. The molecule has 0 bridgehead atoms. The lowest BCUT2D eigenvalue weighted by atomic mass is 10.00. The molecule has 1 saturated carbocycles. The minimum atomic E-state index is -3.36. The molecule has 0 spiro atoms. The van der Waals surface area contributed by atoms with E-state index in [9.17, 15) is 13.0 Å². The van der Waals surface area contributed by atoms with Gasteiger partial charge in [-0.2, -0.15) is 0 Å². The summed E-state index contributed by atoms with van der Waals surface area (Å²) in [5, 5.41) is 11.7. The van der Waals surface area contributed by atoms with Gasteiger partial charge < -0.3 is 15.0 Å². The molecule has 2 saturated heterocycles. The minimum Gasteiger partial charge on any atom is -0.381 e. The molecule has 10 heteroatoms. The summed E-state index contributed by atoms with van der Waals surface area (Å²) < 4.78 is 53.6. The molecule has 7 nitrogen and oxygen atoms in total. The van der Waals surface area contributed by atoms with E-state index in [4.69, 9.17) is 9.52 Å². The van der Waals surface area contributed by atoms with E-state index in [1.165, 1.54) is 19.4 Å². The van der Waals surface area contributed by atoms with Crippen molar-refractivity contribution in [2.75, 3.05) is 44.4 Å². The number of hydrogen-bond acceptors (Lipinski definition) is 7. The second kappa shape index (κ2) is 9.47. The van der Waals surface area contributed by atoms with E-state index < -0.39 is 26.3 Å². The van der Waals surface area contributed by atoms with Gasteiger partial charge in [-0.05, 0) is 67.7 Å². The van der Waals surface area contributed by atoms with Crippen LogP contribution < -0.4 is 5.32 Å². The van der Waals surface area contributed by atoms with Crippen LogP contribution in [0.3, 0.4) is 0 Å². The molecule has 1 unspecified atom stereocenters. The Hall–Kier alpha value is -2.17. The maximum atomic E-state index is 14.5. The highest BCUT2D eigenvalue weighted by Crippen LogP contribution is 2.39. The van der Waals surface area contributed by atoms with Gasteiger partial charge in [0.2, 0.25) is 0 Å². The molecule has 2 N–H and O–H groups in total. The third-order valence-electron chi connectivity index (χ3n) is 7.42. The Morgan fingerprint density at radius 2 is 1.82 bits per heavy atom. The summed E-state index contributed by atoms with van der Waals surface area (Å²) in [6, 6.07) is 5.42. The van der Waals surface area contributed by atoms with Crippen molar-refractivity contribution < 1.29 is 17.7 Å². The van der Waals surface area contributed by atoms with Crippen molar-refractivity contribution >= 4 is 15.5 Å². The summed E-state index contributed by atoms with van der Waals surface area (Å²) in [6.07, 6.45) is 5.61. The maximum Gasteiger partial charge on any atom is 0.148 e. The molecule has 3 fully saturated rings. The van der Waals surface area contributed by atoms with Crippen LogP contribution in [0, 0.1) is 34.2 Å². The lowest BCUT2D eigenvalue weighted by Gasteiger charge is -2.27. The molecule has 4 atom stereocenters. The molecule has 3 aliphatic rings. The molecule has 2 aliphatic heterocycles. The molecule has 1 aromatic heterocycles. The number of aromatic nitrogens is 2. The van der Waals surface area contributed by atoms with E-state index in [2.05, 4.69) is 20.4 Å². The van der Waals surface area contributed by atoms with Crippen LogP contribution in [0.4, 0.5) is 14.6 Å². The van der Waals surface area contributed by atoms with Crippen LogP contribution in [0.2, 0.25) is 0 Å². The summed E-state index contributed by atoms with van der Waals surface area (Å²) in [7, 11) is -3.36. The largest absolute Gasteiger partial charge is 0.381 e. The monoisotopic (exact) mass is 491 g/mol. The Labute approximate surface area is 199 Å². The Balaban J connectivity index is 1.17. The third kappa shape index (κ3) is 5.08. The smallest absolute Gasteiger partial charge is 0.148 e. The van der Waals surface area contributed by atoms with Gasteiger partial charge in [-0.3, -0.25) is 0 Å². The normalized spacial score (nSPS) is 27.4. The van der Waals surface area contributed by atoms with Crippen molar-refractivity contribution in [3.8, 4) is 11.3 Å². The molecule has 5 rings (SSSR count). The number of anilines is 1. The topological polar surface area (TPSA) is 91.2 Å². The van der Waals surface area contributed by atoms with Gasteiger partial charge in [-0.1, -0.05) is 0 Å². The van der Waals surface area contributed by atoms with Gasteiger partial charge in [0.05, 0.1) is 20.3 Å². The average molecular weight is 492 g/mol. The fourth-order valence-corrected chi connectivity index (χ4v) is 6.50. The average Bonchev–Trinajstić information content (AvgIpc) is 3.33. The van der Waals surface area contributed by atoms with Gasteiger partial charge in [-0.25, -0.2) is 17.8 Å². The molecule has 34 heavy (non-hydrogen) atoms. The van der Waals surface area contributed by atoms with Gasteiger partial charge in [-0.15, -0.1) is 10.2 Å². The number of nitrogens with zero attached hydrogens (tertiary/aromatic N) is 3. The first-order valence-electron chi connectivity index (χ1n) is 11.9. The van der Waals surface area contributed by atoms with Crippen LogP contribution in [-0.4, -0.2) is 64.5 Å². The summed E-state index contributed by atoms with van der Waals surface area (Å²) in [5.74, 6) is 1.13. The maximum absolute atomic E-state index is 14.5. The van der Waals surface area contributed by atoms with Crippen molar-refractivity contribution in [1.82, 2.24) is 15.1 Å². The van der Waals surface area contributed by atoms with Crippen LogP contribution in [0.15, 0.2) is 29.2 Å². The Bertz CT molecular complexity index is 1120. The van der Waals surface area contributed by atoms with E-state index in [1.54, 1.807) is 12.1 Å². The number of nitrogens with one attached hydrogen (secondary N) is 2. The lowest BCUT2D eigenvalue weighted by molar-refractivity contribution is 0.0545. The highest BCUT2D eigenvalue weighted by atomic mass is 32.2. The van der Waals surface area contributed by atoms with E-state index >= 15 is 0 Å². The Kier molecular flexibility index (Phi) is 6.56. The lowest BCUT2D eigenvalue weighted by Crippen LogP contribution is -2.32. The molecule has 1 aliphatic carbocycles. The molecule has 184 valence electrons. The van der Waals surface area contributed by atoms with Crippen molar-refractivity contribution in [1.29, 1.82) is 4.78 Å². The van der Waals surface area contributed by atoms with Crippen molar-refractivity contribution in [2.24, 2.45) is 17.8 Å². The number of ether oxygens (including phenoxy) is 1. The van der Waals surface area contributed by atoms with Gasteiger partial charge in [0.1, 0.15) is 17.5 Å². The first-order chi connectivity index (χ1) is 16.3. The number of rotatable bonds is 6.